The quantitative estimate of drug-likeness (QED) is 0.288. The van der Waals surface area contributed by atoms with Crippen LogP contribution in [0, 0.1) is 15.0 Å². The van der Waals surface area contributed by atoms with Crippen LogP contribution in [0.3, 0.4) is 0 Å². The molecule has 0 fully saturated rings. The number of hydrogen-bond acceptors (Lipinski definition) is 4. The zero-order valence-corrected chi connectivity index (χ0v) is 3.70. The molecule has 0 N–H and O–H groups in total. The Labute approximate surface area is 39.5 Å². The first-order valence-electron chi connectivity index (χ1n) is 1.64. The number of nitro groups is 1. The van der Waals surface area contributed by atoms with Crippen molar-refractivity contribution < 1.29 is 4.92 Å². The van der Waals surface area contributed by atoms with E-state index in [-0.39, 0.29) is 0 Å². The largest absolute Gasteiger partial charge is 0.337 e. The van der Waals surface area contributed by atoms with Crippen LogP contribution in [0.25, 0.3) is 0 Å². The van der Waals surface area contributed by atoms with E-state index in [4.69, 9.17) is 0 Å². The molecule has 1 atom stereocenters. The average Bonchev–Trinajstić information content (AvgIpc) is 1.65. The van der Waals surface area contributed by atoms with Crippen molar-refractivity contribution in [2.24, 2.45) is 5.18 Å². The van der Waals surface area contributed by atoms with Crippen molar-refractivity contribution >= 4 is 0 Å². The van der Waals surface area contributed by atoms with Crippen LogP contribution in [0.2, 0.25) is 0 Å². The van der Waals surface area contributed by atoms with Crippen LogP contribution in [0.1, 0.15) is 6.92 Å². The van der Waals surface area contributed by atoms with Crippen molar-refractivity contribution in [2.75, 3.05) is 0 Å². The average molecular weight is 104 g/mol. The first kappa shape index (κ1) is 6.00. The monoisotopic (exact) mass is 104 g/mol. The smallest absolute Gasteiger partial charge is 0.262 e. The minimum atomic E-state index is -1.31. The van der Waals surface area contributed by atoms with Crippen LogP contribution in [-0.2, 0) is 0 Å². The molecule has 0 spiro atoms. The maximum Gasteiger partial charge on any atom is 0.337 e. The third-order valence-electron chi connectivity index (χ3n) is 0.458. The van der Waals surface area contributed by atoms with Gasteiger partial charge in [0.15, 0.2) is 0 Å². The zero-order chi connectivity index (χ0) is 5.86. The van der Waals surface area contributed by atoms with Crippen molar-refractivity contribution in [3.8, 4) is 0 Å². The molecule has 1 unspecified atom stereocenters. The molecule has 0 aliphatic carbocycles. The molecule has 0 aromatic carbocycles. The van der Waals surface area contributed by atoms with E-state index in [1.54, 1.807) is 0 Å². The Kier molecular flexibility index (Phi) is 1.90. The van der Waals surface area contributed by atoms with Crippen molar-refractivity contribution in [3.05, 3.63) is 15.0 Å². The Morgan fingerprint density at radius 1 is 1.86 bits per heavy atom. The Balaban J connectivity index is 3.55. The summed E-state index contributed by atoms with van der Waals surface area (Å²) in [6, 6.07) is 0. The molecule has 0 aliphatic rings. The van der Waals surface area contributed by atoms with Gasteiger partial charge in [0, 0.05) is 12.1 Å². The van der Waals surface area contributed by atoms with Gasteiger partial charge in [0.05, 0.1) is 4.92 Å². The Bertz CT molecular complexity index is 90.9. The Morgan fingerprint density at radius 2 is 2.29 bits per heavy atom. The second-order valence-electron chi connectivity index (χ2n) is 1.02. The highest BCUT2D eigenvalue weighted by Crippen LogP contribution is 1.85. The summed E-state index contributed by atoms with van der Waals surface area (Å²) in [5.41, 5.74) is 0. The molecule has 0 rings (SSSR count). The van der Waals surface area contributed by atoms with E-state index < -0.39 is 11.1 Å². The third-order valence-corrected chi connectivity index (χ3v) is 0.458. The molecule has 5 nitrogen and oxygen atoms in total. The number of hydrogen-bond donors (Lipinski definition) is 0. The van der Waals surface area contributed by atoms with Crippen LogP contribution >= 0.6 is 0 Å². The number of rotatable bonds is 2. The molecule has 0 amide bonds. The summed E-state index contributed by atoms with van der Waals surface area (Å²) in [5.74, 6) is 0. The van der Waals surface area contributed by atoms with E-state index in [9.17, 15) is 15.0 Å². The Hall–Kier alpha value is -1.00. The first-order valence-corrected chi connectivity index (χ1v) is 1.64. The predicted molar refractivity (Wildman–Crippen MR) is 22.3 cm³/mol. The van der Waals surface area contributed by atoms with Gasteiger partial charge in [-0.15, -0.1) is 4.91 Å². The summed E-state index contributed by atoms with van der Waals surface area (Å²) >= 11 is 0. The number of nitrogens with zero attached hydrogens (tertiary/aromatic N) is 2. The fourth-order valence-corrected chi connectivity index (χ4v) is 0.0385. The van der Waals surface area contributed by atoms with E-state index in [1.165, 1.54) is 0 Å². The lowest BCUT2D eigenvalue weighted by atomic mass is 10.6. The van der Waals surface area contributed by atoms with Crippen molar-refractivity contribution in [1.29, 1.82) is 0 Å². The Morgan fingerprint density at radius 3 is 2.29 bits per heavy atom. The molecule has 0 heterocycles. The molecule has 40 valence electrons. The predicted octanol–water partition coefficient (Wildman–Crippen LogP) is 0.376. The lowest BCUT2D eigenvalue weighted by molar-refractivity contribution is -0.516. The topological polar surface area (TPSA) is 72.6 Å². The van der Waals surface area contributed by atoms with Crippen LogP contribution in [0.5, 0.6) is 0 Å². The molecular weight excluding hydrogens is 100 g/mol. The van der Waals surface area contributed by atoms with Gasteiger partial charge in [-0.3, -0.25) is 10.1 Å². The molecular formula is C2H4N2O3. The van der Waals surface area contributed by atoms with Gasteiger partial charge in [-0.1, -0.05) is 0 Å². The van der Waals surface area contributed by atoms with Crippen LogP contribution in [0.4, 0.5) is 0 Å². The van der Waals surface area contributed by atoms with Crippen LogP contribution in [0.15, 0.2) is 5.18 Å². The van der Waals surface area contributed by atoms with Gasteiger partial charge in [-0.25, -0.2) is 0 Å². The second kappa shape index (κ2) is 2.22. The summed E-state index contributed by atoms with van der Waals surface area (Å²) < 4.78 is 0. The SMILES string of the molecule is CC(N=O)[N+](=O)[O-]. The fraction of sp³-hybridized carbons (Fsp3) is 1.00. The minimum Gasteiger partial charge on any atom is -0.262 e. The van der Waals surface area contributed by atoms with E-state index in [0.717, 1.165) is 6.92 Å². The van der Waals surface area contributed by atoms with E-state index in [2.05, 4.69) is 5.18 Å². The van der Waals surface area contributed by atoms with E-state index in [1.807, 2.05) is 0 Å². The van der Waals surface area contributed by atoms with Crippen molar-refractivity contribution in [1.82, 2.24) is 0 Å². The van der Waals surface area contributed by atoms with Gasteiger partial charge in [-0.05, 0) is 0 Å². The standard InChI is InChI=1S/C2H4N2O3/c1-2(3-5)4(6)7/h2H,1H3. The summed E-state index contributed by atoms with van der Waals surface area (Å²) in [6.45, 7) is 1.12. The zero-order valence-electron chi connectivity index (χ0n) is 3.70. The molecule has 5 heteroatoms. The van der Waals surface area contributed by atoms with Crippen molar-refractivity contribution in [2.45, 2.75) is 13.1 Å². The highest BCUT2D eigenvalue weighted by molar-refractivity contribution is 4.36. The molecule has 0 aliphatic heterocycles. The molecule has 0 radical (unpaired) electrons. The summed E-state index contributed by atoms with van der Waals surface area (Å²) in [7, 11) is 0. The minimum absolute atomic E-state index is 0.757. The molecule has 0 aromatic rings. The van der Waals surface area contributed by atoms with Gasteiger partial charge in [-0.2, -0.15) is 0 Å². The second-order valence-corrected chi connectivity index (χ2v) is 1.02. The van der Waals surface area contributed by atoms with Gasteiger partial charge in [0.1, 0.15) is 0 Å². The first-order chi connectivity index (χ1) is 3.18. The number of nitroso groups, excluding NO2 is 1. The summed E-state index contributed by atoms with van der Waals surface area (Å²) in [6.07, 6.45) is -1.31. The molecule has 0 bridgehead atoms. The van der Waals surface area contributed by atoms with E-state index >= 15 is 0 Å². The maximum atomic E-state index is 9.44. The van der Waals surface area contributed by atoms with Crippen LogP contribution < -0.4 is 0 Å². The highest BCUT2D eigenvalue weighted by Gasteiger charge is 2.08. The van der Waals surface area contributed by atoms with E-state index in [0.29, 0.717) is 0 Å². The van der Waals surface area contributed by atoms with Gasteiger partial charge >= 0.3 is 6.17 Å². The summed E-state index contributed by atoms with van der Waals surface area (Å²) in [5, 5.41) is 11.6. The fourth-order valence-electron chi connectivity index (χ4n) is 0.0385. The normalized spacial score (nSPS) is 12.7. The molecule has 0 saturated carbocycles. The van der Waals surface area contributed by atoms with Gasteiger partial charge in [0.2, 0.25) is 0 Å². The third kappa shape index (κ3) is 1.80. The lowest BCUT2D eigenvalue weighted by Gasteiger charge is -1.86. The van der Waals surface area contributed by atoms with Crippen molar-refractivity contribution in [3.63, 3.8) is 0 Å². The van der Waals surface area contributed by atoms with Gasteiger partial charge in [0.25, 0.3) is 0 Å². The van der Waals surface area contributed by atoms with Crippen LogP contribution in [-0.4, -0.2) is 11.1 Å². The highest BCUT2D eigenvalue weighted by atomic mass is 16.6. The van der Waals surface area contributed by atoms with Gasteiger partial charge < -0.3 is 0 Å². The lowest BCUT2D eigenvalue weighted by Crippen LogP contribution is -2.09. The molecule has 0 aromatic heterocycles. The molecule has 0 saturated heterocycles. The maximum absolute atomic E-state index is 9.44. The molecule has 7 heavy (non-hydrogen) atoms. The summed E-state index contributed by atoms with van der Waals surface area (Å²) in [4.78, 5) is 17.9.